The van der Waals surface area contributed by atoms with Crippen molar-refractivity contribution in [1.29, 1.82) is 0 Å². The second-order valence-electron chi connectivity index (χ2n) is 6.96. The molecule has 2 aliphatic rings. The van der Waals surface area contributed by atoms with Crippen LogP contribution in [-0.4, -0.2) is 54.5 Å². The molecule has 2 saturated heterocycles. The third-order valence-electron chi connectivity index (χ3n) is 5.02. The highest BCUT2D eigenvalue weighted by Crippen LogP contribution is 2.28. The summed E-state index contributed by atoms with van der Waals surface area (Å²) in [4.78, 5) is 30.0. The smallest absolute Gasteiger partial charge is 0.314 e. The SMILES string of the molecule is NC(=O)N1CCN(c2ccnc3cc(Cl)ccc23)CC1.O=C1CCCCCN1. The minimum absolute atomic E-state index is 0.225. The predicted octanol–water partition coefficient (Wildman–Crippen LogP) is 2.77. The number of carbonyl (C=O) groups is 2. The maximum absolute atomic E-state index is 11.2. The van der Waals surface area contributed by atoms with Crippen LogP contribution in [-0.2, 0) is 4.79 Å². The number of aromatic nitrogens is 1. The molecule has 1 aromatic heterocycles. The van der Waals surface area contributed by atoms with Crippen LogP contribution in [0.15, 0.2) is 30.5 Å². The van der Waals surface area contributed by atoms with Gasteiger partial charge < -0.3 is 20.9 Å². The lowest BCUT2D eigenvalue weighted by Gasteiger charge is -2.35. The van der Waals surface area contributed by atoms with E-state index in [0.717, 1.165) is 55.5 Å². The molecule has 7 nitrogen and oxygen atoms in total. The molecule has 2 fully saturated rings. The molecule has 3 N–H and O–H groups in total. The molecule has 0 radical (unpaired) electrons. The topological polar surface area (TPSA) is 91.6 Å². The fraction of sp³-hybridized carbons (Fsp3) is 0.450. The van der Waals surface area contributed by atoms with Gasteiger partial charge in [-0.05, 0) is 37.1 Å². The van der Waals surface area contributed by atoms with Gasteiger partial charge in [0, 0.05) is 61.4 Å². The normalized spacial score (nSPS) is 17.4. The Hall–Kier alpha value is -2.54. The number of hydrogen-bond acceptors (Lipinski definition) is 4. The standard InChI is InChI=1S/C14H15ClN4O.C6H11NO/c15-10-1-2-11-12(9-10)17-4-3-13(11)18-5-7-19(8-6-18)14(16)20;8-6-4-2-1-3-5-7-6/h1-4,9H,5-8H2,(H2,16,20);1-5H2,(H,7,8). The first-order valence-electron chi connectivity index (χ1n) is 9.65. The Morgan fingerprint density at radius 3 is 2.64 bits per heavy atom. The fourth-order valence-corrected chi connectivity index (χ4v) is 3.62. The lowest BCUT2D eigenvalue weighted by molar-refractivity contribution is -0.120. The monoisotopic (exact) mass is 403 g/mol. The zero-order valence-electron chi connectivity index (χ0n) is 15.9. The van der Waals surface area contributed by atoms with E-state index in [1.54, 1.807) is 11.1 Å². The highest BCUT2D eigenvalue weighted by atomic mass is 35.5. The van der Waals surface area contributed by atoms with E-state index in [0.29, 0.717) is 18.1 Å². The second kappa shape index (κ2) is 9.59. The Morgan fingerprint density at radius 2 is 1.89 bits per heavy atom. The first kappa shape index (κ1) is 20.2. The highest BCUT2D eigenvalue weighted by Gasteiger charge is 2.20. The lowest BCUT2D eigenvalue weighted by Crippen LogP contribution is -2.50. The number of anilines is 1. The van der Waals surface area contributed by atoms with E-state index >= 15 is 0 Å². The van der Waals surface area contributed by atoms with Gasteiger partial charge in [-0.15, -0.1) is 0 Å². The summed E-state index contributed by atoms with van der Waals surface area (Å²) in [5, 5.41) is 4.56. The summed E-state index contributed by atoms with van der Waals surface area (Å²) in [6.45, 7) is 3.72. The second-order valence-corrected chi connectivity index (χ2v) is 7.40. The highest BCUT2D eigenvalue weighted by molar-refractivity contribution is 6.31. The van der Waals surface area contributed by atoms with Crippen LogP contribution in [0.5, 0.6) is 0 Å². The van der Waals surface area contributed by atoms with Crippen molar-refractivity contribution in [2.75, 3.05) is 37.6 Å². The molecule has 3 amide bonds. The number of amides is 3. The molecule has 3 heterocycles. The maximum atomic E-state index is 11.2. The number of nitrogens with zero attached hydrogens (tertiary/aromatic N) is 3. The van der Waals surface area contributed by atoms with E-state index in [-0.39, 0.29) is 11.9 Å². The van der Waals surface area contributed by atoms with Crippen molar-refractivity contribution in [3.8, 4) is 0 Å². The fourth-order valence-electron chi connectivity index (χ4n) is 3.45. The van der Waals surface area contributed by atoms with Crippen LogP contribution in [0.1, 0.15) is 25.7 Å². The van der Waals surface area contributed by atoms with Gasteiger partial charge in [0.2, 0.25) is 5.91 Å². The number of halogens is 1. The Morgan fingerprint density at radius 1 is 1.11 bits per heavy atom. The van der Waals surface area contributed by atoms with Gasteiger partial charge in [-0.2, -0.15) is 0 Å². The summed E-state index contributed by atoms with van der Waals surface area (Å²) in [5.41, 5.74) is 7.31. The van der Waals surface area contributed by atoms with E-state index in [2.05, 4.69) is 15.2 Å². The molecule has 0 spiro atoms. The number of hydrogen-bond donors (Lipinski definition) is 2. The quantitative estimate of drug-likeness (QED) is 0.765. The molecule has 8 heteroatoms. The largest absolute Gasteiger partial charge is 0.367 e. The van der Waals surface area contributed by atoms with Crippen LogP contribution in [0, 0.1) is 0 Å². The number of piperazine rings is 1. The summed E-state index contributed by atoms with van der Waals surface area (Å²) >= 11 is 6.00. The molecular weight excluding hydrogens is 378 g/mol. The van der Waals surface area contributed by atoms with Crippen LogP contribution in [0.3, 0.4) is 0 Å². The number of nitrogens with one attached hydrogen (secondary N) is 1. The van der Waals surface area contributed by atoms with Crippen LogP contribution in [0.25, 0.3) is 10.9 Å². The summed E-state index contributed by atoms with van der Waals surface area (Å²) in [5.74, 6) is 0.225. The average Bonchev–Trinajstić information content (AvgIpc) is 2.95. The lowest BCUT2D eigenvalue weighted by atomic mass is 10.1. The van der Waals surface area contributed by atoms with Gasteiger partial charge in [-0.25, -0.2) is 4.79 Å². The Labute approximate surface area is 169 Å². The first-order valence-corrected chi connectivity index (χ1v) is 10.0. The van der Waals surface area contributed by atoms with Gasteiger partial charge in [0.05, 0.1) is 5.52 Å². The Kier molecular flexibility index (Phi) is 6.92. The van der Waals surface area contributed by atoms with Crippen LogP contribution in [0.4, 0.5) is 10.5 Å². The van der Waals surface area contributed by atoms with E-state index in [4.69, 9.17) is 17.3 Å². The molecule has 4 rings (SSSR count). The molecule has 0 aliphatic carbocycles. The van der Waals surface area contributed by atoms with Crippen molar-refractivity contribution in [3.63, 3.8) is 0 Å². The minimum atomic E-state index is -0.351. The van der Waals surface area contributed by atoms with Crippen molar-refractivity contribution >= 4 is 40.1 Å². The summed E-state index contributed by atoms with van der Waals surface area (Å²) < 4.78 is 0. The summed E-state index contributed by atoms with van der Waals surface area (Å²) in [7, 11) is 0. The number of nitrogens with two attached hydrogens (primary N) is 1. The molecule has 150 valence electrons. The number of carbonyl (C=O) groups excluding carboxylic acids is 2. The number of pyridine rings is 1. The van der Waals surface area contributed by atoms with Crippen molar-refractivity contribution < 1.29 is 9.59 Å². The van der Waals surface area contributed by atoms with Crippen LogP contribution >= 0.6 is 11.6 Å². The Balaban J connectivity index is 0.000000236. The molecule has 0 bridgehead atoms. The van der Waals surface area contributed by atoms with Crippen molar-refractivity contribution in [2.45, 2.75) is 25.7 Å². The molecule has 1 aromatic carbocycles. The number of rotatable bonds is 1. The zero-order chi connectivity index (χ0) is 19.9. The minimum Gasteiger partial charge on any atom is -0.367 e. The van der Waals surface area contributed by atoms with E-state index in [9.17, 15) is 9.59 Å². The Bertz CT molecular complexity index is 826. The van der Waals surface area contributed by atoms with Gasteiger partial charge in [-0.3, -0.25) is 9.78 Å². The molecule has 28 heavy (non-hydrogen) atoms. The number of benzene rings is 1. The first-order chi connectivity index (χ1) is 13.5. The molecule has 0 atom stereocenters. The molecule has 0 saturated carbocycles. The predicted molar refractivity (Wildman–Crippen MR) is 112 cm³/mol. The van der Waals surface area contributed by atoms with E-state index < -0.39 is 0 Å². The summed E-state index contributed by atoms with van der Waals surface area (Å²) in [6, 6.07) is 7.36. The number of urea groups is 1. The van der Waals surface area contributed by atoms with Crippen molar-refractivity contribution in [3.05, 3.63) is 35.5 Å². The number of primary amides is 1. The molecular formula is C20H26ClN5O2. The molecule has 2 aliphatic heterocycles. The van der Waals surface area contributed by atoms with Gasteiger partial charge in [-0.1, -0.05) is 18.0 Å². The van der Waals surface area contributed by atoms with Gasteiger partial charge in [0.15, 0.2) is 0 Å². The van der Waals surface area contributed by atoms with E-state index in [1.165, 1.54) is 6.42 Å². The van der Waals surface area contributed by atoms with Crippen molar-refractivity contribution in [1.82, 2.24) is 15.2 Å². The molecule has 0 unspecified atom stereocenters. The van der Waals surface area contributed by atoms with Gasteiger partial charge >= 0.3 is 6.03 Å². The average molecular weight is 404 g/mol. The zero-order valence-corrected chi connectivity index (χ0v) is 16.6. The van der Waals surface area contributed by atoms with Gasteiger partial charge in [0.25, 0.3) is 0 Å². The number of fused-ring (bicyclic) bond motifs is 1. The third-order valence-corrected chi connectivity index (χ3v) is 5.25. The third kappa shape index (κ3) is 5.25. The van der Waals surface area contributed by atoms with Crippen LogP contribution < -0.4 is 16.0 Å². The van der Waals surface area contributed by atoms with E-state index in [1.807, 2.05) is 24.3 Å². The summed E-state index contributed by atoms with van der Waals surface area (Å²) in [6.07, 6.45) is 5.96. The van der Waals surface area contributed by atoms with Gasteiger partial charge in [0.1, 0.15) is 0 Å². The maximum Gasteiger partial charge on any atom is 0.314 e. The molecule has 2 aromatic rings. The van der Waals surface area contributed by atoms with Crippen molar-refractivity contribution in [2.24, 2.45) is 5.73 Å². The van der Waals surface area contributed by atoms with Crippen LogP contribution in [0.2, 0.25) is 5.02 Å².